The minimum Gasteiger partial charge on any atom is -0.431 e. The molecule has 0 aromatic rings. The topological polar surface area (TPSA) is 152 Å². The molecule has 1 aliphatic heterocycles. The Kier molecular flexibility index (Phi) is 10.3. The Balaban J connectivity index is 0.000000493. The van der Waals surface area contributed by atoms with Crippen molar-refractivity contribution in [1.29, 1.82) is 0 Å². The average molecular weight is 298 g/mol. The molecule has 0 saturated carbocycles. The van der Waals surface area contributed by atoms with E-state index >= 15 is 0 Å². The van der Waals surface area contributed by atoms with Crippen molar-refractivity contribution in [1.82, 2.24) is 0 Å². The van der Waals surface area contributed by atoms with Crippen LogP contribution >= 0.6 is 0 Å². The van der Waals surface area contributed by atoms with Crippen LogP contribution in [-0.4, -0.2) is 84.6 Å². The van der Waals surface area contributed by atoms with Crippen molar-refractivity contribution >= 4 is 12.3 Å². The van der Waals surface area contributed by atoms with Gasteiger partial charge in [0, 0.05) is 0 Å². The highest BCUT2D eigenvalue weighted by Crippen LogP contribution is 1.92. The summed E-state index contributed by atoms with van der Waals surface area (Å²) in [5, 5.41) is 34.2. The van der Waals surface area contributed by atoms with E-state index in [1.165, 1.54) is 0 Å². The fraction of sp³-hybridized carbons (Fsp3) is 0.800. The van der Waals surface area contributed by atoms with Crippen molar-refractivity contribution in [2.24, 2.45) is 0 Å². The lowest BCUT2D eigenvalue weighted by Gasteiger charge is -2.10. The van der Waals surface area contributed by atoms with E-state index in [1.807, 2.05) is 0 Å². The van der Waals surface area contributed by atoms with Gasteiger partial charge >= 0.3 is 12.3 Å². The molecular formula is C10H18O10. The predicted molar refractivity (Wildman–Crippen MR) is 60.8 cm³/mol. The maximum absolute atomic E-state index is 10.7. The van der Waals surface area contributed by atoms with E-state index in [4.69, 9.17) is 20.4 Å². The normalized spacial score (nSPS) is 16.1. The van der Waals surface area contributed by atoms with Crippen molar-refractivity contribution < 1.29 is 49.0 Å². The van der Waals surface area contributed by atoms with E-state index in [9.17, 15) is 9.59 Å². The van der Waals surface area contributed by atoms with Crippen LogP contribution in [0.5, 0.6) is 0 Å². The van der Waals surface area contributed by atoms with Gasteiger partial charge in [-0.15, -0.1) is 0 Å². The summed E-state index contributed by atoms with van der Waals surface area (Å²) in [7, 11) is 0. The number of rotatable bonds is 6. The molecule has 0 spiro atoms. The molecule has 2 atom stereocenters. The Labute approximate surface area is 114 Å². The van der Waals surface area contributed by atoms with Crippen molar-refractivity contribution in [3.05, 3.63) is 0 Å². The second-order valence-corrected chi connectivity index (χ2v) is 3.49. The molecule has 0 bridgehead atoms. The third-order valence-electron chi connectivity index (χ3n) is 1.73. The maximum Gasteiger partial charge on any atom is 0.508 e. The molecule has 4 N–H and O–H groups in total. The van der Waals surface area contributed by atoms with Crippen LogP contribution in [0.1, 0.15) is 0 Å². The Morgan fingerprint density at radius 3 is 1.70 bits per heavy atom. The van der Waals surface area contributed by atoms with Gasteiger partial charge in [-0.3, -0.25) is 0 Å². The largest absolute Gasteiger partial charge is 0.508 e. The molecule has 0 radical (unpaired) electrons. The highest BCUT2D eigenvalue weighted by atomic mass is 16.8. The first-order valence-corrected chi connectivity index (χ1v) is 5.66. The molecule has 10 heteroatoms. The molecule has 0 amide bonds. The lowest BCUT2D eigenvalue weighted by Crippen LogP contribution is -2.25. The zero-order valence-corrected chi connectivity index (χ0v) is 10.6. The van der Waals surface area contributed by atoms with E-state index in [-0.39, 0.29) is 13.2 Å². The smallest absolute Gasteiger partial charge is 0.431 e. The van der Waals surface area contributed by atoms with Gasteiger partial charge in [0.2, 0.25) is 0 Å². The van der Waals surface area contributed by atoms with Crippen LogP contribution in [0.2, 0.25) is 0 Å². The first-order valence-electron chi connectivity index (χ1n) is 5.66. The molecule has 118 valence electrons. The summed E-state index contributed by atoms with van der Waals surface area (Å²) in [5.74, 6) is 0. The molecule has 1 fully saturated rings. The molecule has 20 heavy (non-hydrogen) atoms. The number of cyclic esters (lactones) is 2. The van der Waals surface area contributed by atoms with Crippen LogP contribution in [0.25, 0.3) is 0 Å². The Morgan fingerprint density at radius 2 is 1.45 bits per heavy atom. The van der Waals surface area contributed by atoms with E-state index in [0.717, 1.165) is 0 Å². The second-order valence-electron chi connectivity index (χ2n) is 3.49. The highest BCUT2D eigenvalue weighted by molar-refractivity contribution is 5.61. The molecule has 1 saturated heterocycles. The van der Waals surface area contributed by atoms with E-state index in [1.54, 1.807) is 0 Å². The first-order chi connectivity index (χ1) is 9.49. The van der Waals surface area contributed by atoms with Crippen LogP contribution in [-0.2, 0) is 18.9 Å². The number of aliphatic hydroxyl groups excluding tert-OH is 4. The van der Waals surface area contributed by atoms with Gasteiger partial charge in [-0.1, -0.05) is 0 Å². The number of aliphatic hydroxyl groups is 4. The number of carbonyl (C=O) groups is 2. The fourth-order valence-electron chi connectivity index (χ4n) is 0.767. The molecule has 2 unspecified atom stereocenters. The molecule has 1 aliphatic rings. The Morgan fingerprint density at radius 1 is 1.05 bits per heavy atom. The Bertz CT molecular complexity index is 257. The SMILES string of the molecule is O=C(OCC(O)CO)OCC(O)CO.O=C1OCCO1. The summed E-state index contributed by atoms with van der Waals surface area (Å²) in [6.45, 7) is -0.980. The molecule has 1 rings (SSSR count). The van der Waals surface area contributed by atoms with Crippen molar-refractivity contribution in [3.8, 4) is 0 Å². The standard InChI is InChI=1S/C7H14O7.C3H4O3/c8-1-5(10)3-13-7(12)14-4-6(11)2-9;4-3-5-1-2-6-3/h5-6,8-11H,1-4H2;1-2H2. The third-order valence-corrected chi connectivity index (χ3v) is 1.73. The molecule has 10 nitrogen and oxygen atoms in total. The average Bonchev–Trinajstić information content (AvgIpc) is 2.93. The van der Waals surface area contributed by atoms with Gasteiger partial charge in [0.1, 0.15) is 38.6 Å². The molecule has 0 aliphatic carbocycles. The summed E-state index contributed by atoms with van der Waals surface area (Å²) in [6, 6.07) is 0. The van der Waals surface area contributed by atoms with E-state index < -0.39 is 37.7 Å². The van der Waals surface area contributed by atoms with Gasteiger partial charge in [-0.05, 0) is 0 Å². The Hall–Kier alpha value is -1.62. The molecule has 1 heterocycles. The van der Waals surface area contributed by atoms with Crippen LogP contribution in [0.15, 0.2) is 0 Å². The minimum atomic E-state index is -1.15. The predicted octanol–water partition coefficient (Wildman–Crippen LogP) is -2.00. The zero-order chi connectivity index (χ0) is 15.4. The number of hydrogen-bond acceptors (Lipinski definition) is 10. The zero-order valence-electron chi connectivity index (χ0n) is 10.6. The van der Waals surface area contributed by atoms with Crippen molar-refractivity contribution in [3.63, 3.8) is 0 Å². The summed E-state index contributed by atoms with van der Waals surface area (Å²) in [6.07, 6.45) is -3.92. The van der Waals surface area contributed by atoms with Crippen molar-refractivity contribution in [2.75, 3.05) is 39.6 Å². The van der Waals surface area contributed by atoms with Gasteiger partial charge < -0.3 is 39.4 Å². The lowest BCUT2D eigenvalue weighted by atomic mass is 10.4. The van der Waals surface area contributed by atoms with Crippen molar-refractivity contribution in [2.45, 2.75) is 12.2 Å². The summed E-state index contributed by atoms with van der Waals surface area (Å²) < 4.78 is 17.2. The van der Waals surface area contributed by atoms with Crippen LogP contribution in [0, 0.1) is 0 Å². The minimum absolute atomic E-state index is 0.384. The van der Waals surface area contributed by atoms with Gasteiger partial charge in [-0.2, -0.15) is 0 Å². The number of hydrogen-bond donors (Lipinski definition) is 4. The molecule has 0 aromatic carbocycles. The van der Waals surface area contributed by atoms with Crippen LogP contribution in [0.3, 0.4) is 0 Å². The second kappa shape index (κ2) is 11.2. The van der Waals surface area contributed by atoms with E-state index in [2.05, 4.69) is 18.9 Å². The fourth-order valence-corrected chi connectivity index (χ4v) is 0.767. The molecular weight excluding hydrogens is 280 g/mol. The van der Waals surface area contributed by atoms with Gasteiger partial charge in [0.15, 0.2) is 0 Å². The maximum atomic E-state index is 10.7. The van der Waals surface area contributed by atoms with Gasteiger partial charge in [-0.25, -0.2) is 9.59 Å². The van der Waals surface area contributed by atoms with Gasteiger partial charge in [0.25, 0.3) is 0 Å². The summed E-state index contributed by atoms with van der Waals surface area (Å²) in [4.78, 5) is 20.5. The molecule has 0 aromatic heterocycles. The number of ether oxygens (including phenoxy) is 4. The van der Waals surface area contributed by atoms with Crippen LogP contribution < -0.4 is 0 Å². The van der Waals surface area contributed by atoms with Crippen LogP contribution in [0.4, 0.5) is 9.59 Å². The first kappa shape index (κ1) is 18.4. The monoisotopic (exact) mass is 298 g/mol. The third kappa shape index (κ3) is 10.3. The highest BCUT2D eigenvalue weighted by Gasteiger charge is 2.11. The summed E-state index contributed by atoms with van der Waals surface area (Å²) >= 11 is 0. The summed E-state index contributed by atoms with van der Waals surface area (Å²) in [5.41, 5.74) is 0. The quantitative estimate of drug-likeness (QED) is 0.405. The number of carbonyl (C=O) groups excluding carboxylic acids is 2. The van der Waals surface area contributed by atoms with Gasteiger partial charge in [0.05, 0.1) is 13.2 Å². The van der Waals surface area contributed by atoms with E-state index in [0.29, 0.717) is 13.2 Å². The lowest BCUT2D eigenvalue weighted by molar-refractivity contribution is -0.0215.